The van der Waals surface area contributed by atoms with Crippen molar-refractivity contribution < 1.29 is 4.39 Å². The molecule has 1 N–H and O–H groups in total. The van der Waals surface area contributed by atoms with E-state index in [0.717, 1.165) is 5.52 Å². The van der Waals surface area contributed by atoms with Gasteiger partial charge in [-0.1, -0.05) is 0 Å². The lowest BCUT2D eigenvalue weighted by Gasteiger charge is -2.15. The van der Waals surface area contributed by atoms with Crippen LogP contribution < -0.4 is 4.90 Å². The lowest BCUT2D eigenvalue weighted by molar-refractivity contribution is 0.620. The number of hydrogen-bond acceptors (Lipinski definition) is 4. The lowest BCUT2D eigenvalue weighted by Crippen LogP contribution is -2.12. The van der Waals surface area contributed by atoms with Crippen LogP contribution in [0.25, 0.3) is 10.9 Å². The molecule has 0 unspecified atom stereocenters. The molecule has 0 atom stereocenters. The Hall–Kier alpha value is -2.21. The maximum Gasteiger partial charge on any atom is 0.224 e. The van der Waals surface area contributed by atoms with Gasteiger partial charge in [0.05, 0.1) is 5.52 Å². The largest absolute Gasteiger partial charge is 0.312 e. The molecule has 0 bridgehead atoms. The lowest BCUT2D eigenvalue weighted by atomic mass is 10.1. The van der Waals surface area contributed by atoms with Gasteiger partial charge in [0.2, 0.25) is 5.28 Å². The summed E-state index contributed by atoms with van der Waals surface area (Å²) in [6.07, 6.45) is 1.56. The van der Waals surface area contributed by atoms with Crippen molar-refractivity contribution in [3.8, 4) is 0 Å². The van der Waals surface area contributed by atoms with Crippen molar-refractivity contribution in [3.63, 3.8) is 0 Å². The van der Waals surface area contributed by atoms with Gasteiger partial charge < -0.3 is 4.90 Å². The quantitative estimate of drug-likeness (QED) is 0.737. The van der Waals surface area contributed by atoms with Gasteiger partial charge in [0, 0.05) is 18.6 Å². The van der Waals surface area contributed by atoms with Crippen LogP contribution in [0.1, 0.15) is 5.56 Å². The van der Waals surface area contributed by atoms with E-state index in [1.165, 1.54) is 6.07 Å². The van der Waals surface area contributed by atoms with E-state index < -0.39 is 0 Å². The first-order valence-corrected chi connectivity index (χ1v) is 6.30. The Morgan fingerprint density at radius 3 is 2.90 bits per heavy atom. The SMILES string of the molecule is Cc1cc2[nH]nc(N(C)c3ccnc(Cl)n3)c2cc1F. The van der Waals surface area contributed by atoms with Gasteiger partial charge in [-0.3, -0.25) is 5.10 Å². The van der Waals surface area contributed by atoms with Crippen molar-refractivity contribution >= 4 is 34.1 Å². The highest BCUT2D eigenvalue weighted by Gasteiger charge is 2.15. The number of fused-ring (bicyclic) bond motifs is 1. The van der Waals surface area contributed by atoms with Crippen LogP contribution >= 0.6 is 11.6 Å². The minimum Gasteiger partial charge on any atom is -0.312 e. The fourth-order valence-corrected chi connectivity index (χ4v) is 2.15. The van der Waals surface area contributed by atoms with Crippen LogP contribution in [0.4, 0.5) is 16.0 Å². The first-order chi connectivity index (χ1) is 9.56. The van der Waals surface area contributed by atoms with Gasteiger partial charge in [-0.25, -0.2) is 14.4 Å². The zero-order valence-electron chi connectivity index (χ0n) is 10.9. The molecule has 3 aromatic rings. The third-order valence-corrected chi connectivity index (χ3v) is 3.28. The summed E-state index contributed by atoms with van der Waals surface area (Å²) in [7, 11) is 1.78. The van der Waals surface area contributed by atoms with E-state index in [4.69, 9.17) is 11.6 Å². The van der Waals surface area contributed by atoms with Crippen LogP contribution in [-0.4, -0.2) is 27.2 Å². The van der Waals surface area contributed by atoms with E-state index in [2.05, 4.69) is 20.2 Å². The van der Waals surface area contributed by atoms with E-state index in [0.29, 0.717) is 22.6 Å². The number of hydrogen-bond donors (Lipinski definition) is 1. The minimum atomic E-state index is -0.269. The molecule has 0 saturated carbocycles. The fourth-order valence-electron chi connectivity index (χ4n) is 2.01. The summed E-state index contributed by atoms with van der Waals surface area (Å²) in [6.45, 7) is 1.71. The Morgan fingerprint density at radius 2 is 2.15 bits per heavy atom. The summed E-state index contributed by atoms with van der Waals surface area (Å²) in [5.41, 5.74) is 1.34. The number of nitrogens with zero attached hydrogens (tertiary/aromatic N) is 4. The molecule has 3 rings (SSSR count). The van der Waals surface area contributed by atoms with Crippen LogP contribution in [0.3, 0.4) is 0 Å². The van der Waals surface area contributed by atoms with Gasteiger partial charge in [-0.05, 0) is 42.3 Å². The number of H-pyrrole nitrogens is 1. The van der Waals surface area contributed by atoms with Crippen molar-refractivity contribution in [3.05, 3.63) is 41.1 Å². The number of aryl methyl sites for hydroxylation is 1. The average Bonchev–Trinajstić information content (AvgIpc) is 2.81. The predicted molar refractivity (Wildman–Crippen MR) is 75.9 cm³/mol. The molecule has 1 aromatic carbocycles. The van der Waals surface area contributed by atoms with Crippen molar-refractivity contribution in [2.45, 2.75) is 6.92 Å². The van der Waals surface area contributed by atoms with Crippen LogP contribution in [-0.2, 0) is 0 Å². The Morgan fingerprint density at radius 1 is 1.35 bits per heavy atom. The van der Waals surface area contributed by atoms with E-state index in [9.17, 15) is 4.39 Å². The molecule has 0 aliphatic rings. The summed E-state index contributed by atoms with van der Waals surface area (Å²) >= 11 is 5.78. The normalized spacial score (nSPS) is 11.0. The second-order valence-corrected chi connectivity index (χ2v) is 4.78. The Kier molecular flexibility index (Phi) is 3.02. The smallest absolute Gasteiger partial charge is 0.224 e. The van der Waals surface area contributed by atoms with Crippen LogP contribution in [0.5, 0.6) is 0 Å². The topological polar surface area (TPSA) is 57.7 Å². The zero-order chi connectivity index (χ0) is 14.3. The Bertz CT molecular complexity index is 786. The number of nitrogens with one attached hydrogen (secondary N) is 1. The predicted octanol–water partition coefficient (Wildman–Crippen LogP) is 3.22. The van der Waals surface area contributed by atoms with Crippen molar-refractivity contribution in [2.75, 3.05) is 11.9 Å². The number of anilines is 2. The molecule has 0 aliphatic carbocycles. The maximum absolute atomic E-state index is 13.7. The van der Waals surface area contributed by atoms with Crippen molar-refractivity contribution in [1.82, 2.24) is 20.2 Å². The van der Waals surface area contributed by atoms with Crippen molar-refractivity contribution in [1.29, 1.82) is 0 Å². The molecule has 0 radical (unpaired) electrons. The van der Waals surface area contributed by atoms with Gasteiger partial charge in [-0.2, -0.15) is 5.10 Å². The summed E-state index contributed by atoms with van der Waals surface area (Å²) in [6, 6.07) is 4.89. The molecule has 2 heterocycles. The molecule has 102 valence electrons. The molecule has 5 nitrogen and oxygen atoms in total. The number of aromatic amines is 1. The Labute approximate surface area is 119 Å². The monoisotopic (exact) mass is 291 g/mol. The molecule has 7 heteroatoms. The highest BCUT2D eigenvalue weighted by molar-refractivity contribution is 6.28. The van der Waals surface area contributed by atoms with Gasteiger partial charge in [0.25, 0.3) is 0 Å². The van der Waals surface area contributed by atoms with Crippen LogP contribution in [0, 0.1) is 12.7 Å². The Balaban J connectivity index is 2.12. The number of halogens is 2. The molecular formula is C13H11ClFN5. The summed E-state index contributed by atoms with van der Waals surface area (Å²) in [5.74, 6) is 0.891. The summed E-state index contributed by atoms with van der Waals surface area (Å²) < 4.78 is 13.7. The standard InChI is InChI=1S/C13H11ClFN5/c1-7-5-10-8(6-9(7)15)12(19-18-10)20(2)11-3-4-16-13(14)17-11/h3-6H,1-2H3,(H,18,19). The average molecular weight is 292 g/mol. The molecular weight excluding hydrogens is 281 g/mol. The zero-order valence-corrected chi connectivity index (χ0v) is 11.6. The van der Waals surface area contributed by atoms with E-state index in [1.54, 1.807) is 37.2 Å². The van der Waals surface area contributed by atoms with Gasteiger partial charge in [-0.15, -0.1) is 0 Å². The van der Waals surface area contributed by atoms with Gasteiger partial charge >= 0.3 is 0 Å². The second-order valence-electron chi connectivity index (χ2n) is 4.44. The molecule has 0 spiro atoms. The highest BCUT2D eigenvalue weighted by Crippen LogP contribution is 2.29. The molecule has 0 saturated heterocycles. The molecule has 0 fully saturated rings. The number of rotatable bonds is 2. The van der Waals surface area contributed by atoms with Gasteiger partial charge in [0.15, 0.2) is 5.82 Å². The molecule has 0 amide bonds. The highest BCUT2D eigenvalue weighted by atomic mass is 35.5. The van der Waals surface area contributed by atoms with Crippen LogP contribution in [0.2, 0.25) is 5.28 Å². The summed E-state index contributed by atoms with van der Waals surface area (Å²) in [4.78, 5) is 9.66. The number of benzene rings is 1. The fraction of sp³-hybridized carbons (Fsp3) is 0.154. The minimum absolute atomic E-state index is 0.149. The maximum atomic E-state index is 13.7. The molecule has 2 aromatic heterocycles. The first kappa shape index (κ1) is 12.8. The van der Waals surface area contributed by atoms with Gasteiger partial charge in [0.1, 0.15) is 11.6 Å². The third kappa shape index (κ3) is 2.08. The van der Waals surface area contributed by atoms with Crippen LogP contribution in [0.15, 0.2) is 24.4 Å². The van der Waals surface area contributed by atoms with E-state index in [1.807, 2.05) is 0 Å². The third-order valence-electron chi connectivity index (χ3n) is 3.09. The second kappa shape index (κ2) is 4.72. The van der Waals surface area contributed by atoms with E-state index in [-0.39, 0.29) is 11.1 Å². The first-order valence-electron chi connectivity index (χ1n) is 5.93. The summed E-state index contributed by atoms with van der Waals surface area (Å²) in [5, 5.41) is 7.94. The molecule has 20 heavy (non-hydrogen) atoms. The molecule has 0 aliphatic heterocycles. The number of aromatic nitrogens is 4. The van der Waals surface area contributed by atoms with E-state index >= 15 is 0 Å². The van der Waals surface area contributed by atoms with Crippen molar-refractivity contribution in [2.24, 2.45) is 0 Å².